The van der Waals surface area contributed by atoms with Crippen LogP contribution >= 0.6 is 0 Å². The molecular formula is C6H9N3OS. The van der Waals surface area contributed by atoms with Gasteiger partial charge in [-0.2, -0.15) is 0 Å². The molecule has 0 fully saturated rings. The lowest BCUT2D eigenvalue weighted by atomic mass is 10.3. The highest BCUT2D eigenvalue weighted by Crippen LogP contribution is 2.16. The first-order chi connectivity index (χ1) is 5.27. The first kappa shape index (κ1) is 7.12. The predicted octanol–water partition coefficient (Wildman–Crippen LogP) is -0.380. The van der Waals surface area contributed by atoms with Crippen LogP contribution in [0.2, 0.25) is 0 Å². The summed E-state index contributed by atoms with van der Waals surface area (Å²) in [6, 6.07) is 0. The molecule has 0 aromatic carbocycles. The summed E-state index contributed by atoms with van der Waals surface area (Å²) in [4.78, 5) is 0. The molecule has 60 valence electrons. The van der Waals surface area contributed by atoms with E-state index in [1.165, 1.54) is 0 Å². The van der Waals surface area contributed by atoms with Crippen LogP contribution in [0, 0.1) is 0 Å². The van der Waals surface area contributed by atoms with Crippen molar-refractivity contribution in [3.63, 3.8) is 0 Å². The van der Waals surface area contributed by atoms with Gasteiger partial charge in [0.1, 0.15) is 17.2 Å². The van der Waals surface area contributed by atoms with Crippen molar-refractivity contribution in [2.45, 2.75) is 12.2 Å². The summed E-state index contributed by atoms with van der Waals surface area (Å²) in [5.41, 5.74) is 2.06. The lowest BCUT2D eigenvalue weighted by molar-refractivity contribution is 0.586. The molecule has 1 aromatic rings. The van der Waals surface area contributed by atoms with Crippen LogP contribution in [0.15, 0.2) is 0 Å². The first-order valence-corrected chi connectivity index (χ1v) is 4.98. The first-order valence-electron chi connectivity index (χ1n) is 3.50. The third-order valence-corrected chi connectivity index (χ3v) is 3.14. The summed E-state index contributed by atoms with van der Waals surface area (Å²) in [7, 11) is 1.84. The highest BCUT2D eigenvalue weighted by molar-refractivity contribution is 7.90. The van der Waals surface area contributed by atoms with Crippen LogP contribution in [-0.2, 0) is 30.4 Å². The fourth-order valence-electron chi connectivity index (χ4n) is 1.23. The van der Waals surface area contributed by atoms with Gasteiger partial charge in [-0.3, -0.25) is 0 Å². The maximum absolute atomic E-state index is 11.1. The van der Waals surface area contributed by atoms with Crippen molar-refractivity contribution in [2.24, 2.45) is 7.05 Å². The maximum Gasteiger partial charge on any atom is 0.149 e. The van der Waals surface area contributed by atoms with E-state index < -0.39 is 11.2 Å². The lowest BCUT2D eigenvalue weighted by Gasteiger charge is -2.15. The van der Waals surface area contributed by atoms with Gasteiger partial charge in [-0.05, 0) is 11.2 Å². The second-order valence-electron chi connectivity index (χ2n) is 2.64. The Labute approximate surface area is 67.8 Å². The number of aromatic nitrogens is 3. The minimum atomic E-state index is -0.691. The summed E-state index contributed by atoms with van der Waals surface area (Å²) < 4.78 is 12.8. The number of nitrogens with zero attached hydrogens (tertiary/aromatic N) is 3. The minimum absolute atomic E-state index is 0.624. The number of fused-ring (bicyclic) bond motifs is 1. The predicted molar refractivity (Wildman–Crippen MR) is 41.4 cm³/mol. The molecule has 2 rings (SSSR count). The molecule has 1 unspecified atom stereocenters. The molecule has 1 aromatic heterocycles. The van der Waals surface area contributed by atoms with Crippen molar-refractivity contribution in [3.8, 4) is 0 Å². The Kier molecular flexibility index (Phi) is 1.61. The lowest BCUT2D eigenvalue weighted by Crippen LogP contribution is -2.20. The second-order valence-corrected chi connectivity index (χ2v) is 4.22. The fraction of sp³-hybridized carbons (Fsp3) is 0.667. The van der Waals surface area contributed by atoms with Crippen molar-refractivity contribution in [1.82, 2.24) is 15.0 Å². The van der Waals surface area contributed by atoms with Crippen LogP contribution in [0.5, 0.6) is 0 Å². The minimum Gasteiger partial charge on any atom is -0.616 e. The molecule has 2 heterocycles. The zero-order valence-electron chi connectivity index (χ0n) is 6.28. The van der Waals surface area contributed by atoms with Crippen molar-refractivity contribution in [3.05, 3.63) is 11.4 Å². The molecule has 0 radical (unpaired) electrons. The van der Waals surface area contributed by atoms with E-state index >= 15 is 0 Å². The smallest absolute Gasteiger partial charge is 0.149 e. The van der Waals surface area contributed by atoms with Crippen LogP contribution in [0.3, 0.4) is 0 Å². The monoisotopic (exact) mass is 171 g/mol. The number of rotatable bonds is 0. The quantitative estimate of drug-likeness (QED) is 0.500. The molecular weight excluding hydrogens is 162 g/mol. The second kappa shape index (κ2) is 2.49. The third kappa shape index (κ3) is 1.14. The Morgan fingerprint density at radius 3 is 3.27 bits per heavy atom. The molecule has 1 aliphatic rings. The van der Waals surface area contributed by atoms with Crippen LogP contribution in [0.1, 0.15) is 11.4 Å². The highest BCUT2D eigenvalue weighted by atomic mass is 32.2. The Hall–Kier alpha value is -0.550. The van der Waals surface area contributed by atoms with Gasteiger partial charge in [-0.1, -0.05) is 5.21 Å². The van der Waals surface area contributed by atoms with E-state index in [2.05, 4.69) is 10.3 Å². The Balaban J connectivity index is 2.37. The van der Waals surface area contributed by atoms with E-state index in [0.29, 0.717) is 5.75 Å². The maximum atomic E-state index is 11.1. The highest BCUT2D eigenvalue weighted by Gasteiger charge is 2.23. The van der Waals surface area contributed by atoms with Crippen molar-refractivity contribution in [1.29, 1.82) is 0 Å². The van der Waals surface area contributed by atoms with Crippen molar-refractivity contribution in [2.75, 3.05) is 5.75 Å². The molecule has 1 atom stereocenters. The van der Waals surface area contributed by atoms with Crippen molar-refractivity contribution >= 4 is 11.2 Å². The average Bonchev–Trinajstić information content (AvgIpc) is 2.33. The third-order valence-electron chi connectivity index (χ3n) is 1.89. The van der Waals surface area contributed by atoms with Crippen LogP contribution in [0.25, 0.3) is 0 Å². The molecule has 0 N–H and O–H groups in total. The zero-order chi connectivity index (χ0) is 7.84. The summed E-state index contributed by atoms with van der Waals surface area (Å²) in [5, 5.41) is 7.83. The Morgan fingerprint density at radius 2 is 2.45 bits per heavy atom. The summed E-state index contributed by atoms with van der Waals surface area (Å²) in [6.07, 6.45) is 0.815. The summed E-state index contributed by atoms with van der Waals surface area (Å²) in [6.45, 7) is 0. The Bertz CT molecular complexity index is 273. The Morgan fingerprint density at radius 1 is 1.64 bits per heavy atom. The fourth-order valence-corrected chi connectivity index (χ4v) is 2.45. The molecule has 11 heavy (non-hydrogen) atoms. The summed E-state index contributed by atoms with van der Waals surface area (Å²) in [5.74, 6) is 1.37. The normalized spacial score (nSPS) is 23.3. The largest absolute Gasteiger partial charge is 0.616 e. The molecule has 0 saturated heterocycles. The molecule has 0 bridgehead atoms. The van der Waals surface area contributed by atoms with Gasteiger partial charge in [0, 0.05) is 13.5 Å². The van der Waals surface area contributed by atoms with Crippen LogP contribution in [0.4, 0.5) is 0 Å². The van der Waals surface area contributed by atoms with Crippen LogP contribution in [-0.4, -0.2) is 25.3 Å². The molecule has 0 saturated carbocycles. The van der Waals surface area contributed by atoms with E-state index in [-0.39, 0.29) is 0 Å². The van der Waals surface area contributed by atoms with Crippen molar-refractivity contribution < 1.29 is 4.55 Å². The molecule has 0 aliphatic carbocycles. The van der Waals surface area contributed by atoms with Gasteiger partial charge in [-0.25, -0.2) is 4.68 Å². The van der Waals surface area contributed by atoms with Gasteiger partial charge in [-0.15, -0.1) is 5.10 Å². The standard InChI is InChI=1S/C6H9N3OS/c1-9-6-4-11(10)3-2-5(6)7-8-9/h2-4H2,1H3. The SMILES string of the molecule is Cn1nnc2c1C[S+]([O-])CC2. The van der Waals surface area contributed by atoms with Crippen LogP contribution < -0.4 is 0 Å². The summed E-state index contributed by atoms with van der Waals surface area (Å²) >= 11 is -0.691. The van der Waals surface area contributed by atoms with Gasteiger partial charge in [0.2, 0.25) is 0 Å². The molecule has 4 nitrogen and oxygen atoms in total. The topological polar surface area (TPSA) is 53.8 Å². The zero-order valence-corrected chi connectivity index (χ0v) is 7.10. The van der Waals surface area contributed by atoms with E-state index in [9.17, 15) is 4.55 Å². The van der Waals surface area contributed by atoms with E-state index in [1.807, 2.05) is 7.05 Å². The molecule has 5 heteroatoms. The van der Waals surface area contributed by atoms with E-state index in [1.54, 1.807) is 4.68 Å². The van der Waals surface area contributed by atoms with E-state index in [0.717, 1.165) is 23.6 Å². The van der Waals surface area contributed by atoms with Gasteiger partial charge in [0.25, 0.3) is 0 Å². The number of aryl methyl sites for hydroxylation is 2. The number of hydrogen-bond acceptors (Lipinski definition) is 3. The average molecular weight is 171 g/mol. The molecule has 1 aliphatic heterocycles. The van der Waals surface area contributed by atoms with E-state index in [4.69, 9.17) is 0 Å². The van der Waals surface area contributed by atoms with Gasteiger partial charge in [0.15, 0.2) is 0 Å². The van der Waals surface area contributed by atoms with Gasteiger partial charge in [0.05, 0.1) is 5.69 Å². The van der Waals surface area contributed by atoms with Gasteiger partial charge >= 0.3 is 0 Å². The van der Waals surface area contributed by atoms with Gasteiger partial charge < -0.3 is 4.55 Å². The molecule has 0 amide bonds. The number of hydrogen-bond donors (Lipinski definition) is 0. The molecule has 0 spiro atoms.